The van der Waals surface area contributed by atoms with E-state index < -0.39 is 7.59 Å². The van der Waals surface area contributed by atoms with Gasteiger partial charge in [-0.15, -0.1) is 0 Å². The first-order chi connectivity index (χ1) is 5.59. The first-order valence-corrected chi connectivity index (χ1v) is 10.4. The van der Waals surface area contributed by atoms with Crippen molar-refractivity contribution >= 4 is 16.9 Å². The standard InChI is InChI=1S/C9H22OSi2/c1-8(2)12(9(3)4)7-5-6-10-11-12/h8-9H,5-7,11H2,1-4H3. The summed E-state index contributed by atoms with van der Waals surface area (Å²) in [6, 6.07) is 1.55. The van der Waals surface area contributed by atoms with Crippen LogP contribution < -0.4 is 0 Å². The summed E-state index contributed by atoms with van der Waals surface area (Å²) in [7, 11) is -1.06. The molecule has 12 heavy (non-hydrogen) atoms. The molecule has 1 aliphatic rings. The van der Waals surface area contributed by atoms with Gasteiger partial charge in [-0.2, -0.15) is 0 Å². The highest BCUT2D eigenvalue weighted by atomic mass is 29.2. The molecule has 1 fully saturated rings. The van der Waals surface area contributed by atoms with Gasteiger partial charge in [-0.05, 0) is 6.42 Å². The fraction of sp³-hybridized carbons (Fsp3) is 1.00. The minimum absolute atomic E-state index is 0.140. The van der Waals surface area contributed by atoms with Gasteiger partial charge < -0.3 is 4.43 Å². The molecule has 1 rings (SSSR count). The molecular formula is C9H22OSi2. The van der Waals surface area contributed by atoms with Crippen molar-refractivity contribution < 1.29 is 4.43 Å². The summed E-state index contributed by atoms with van der Waals surface area (Å²) in [6.45, 7) is 10.8. The lowest BCUT2D eigenvalue weighted by molar-refractivity contribution is 0.331. The number of hydrogen-bond acceptors (Lipinski definition) is 1. The van der Waals surface area contributed by atoms with Crippen LogP contribution in [0.1, 0.15) is 34.1 Å². The number of rotatable bonds is 2. The van der Waals surface area contributed by atoms with E-state index in [0.717, 1.165) is 17.7 Å². The predicted molar refractivity (Wildman–Crippen MR) is 59.9 cm³/mol. The van der Waals surface area contributed by atoms with E-state index in [4.69, 9.17) is 4.43 Å². The summed E-state index contributed by atoms with van der Waals surface area (Å²) in [4.78, 5) is 0. The normalized spacial score (nSPS) is 25.5. The first-order valence-electron chi connectivity index (χ1n) is 5.17. The molecule has 0 bridgehead atoms. The highest BCUT2D eigenvalue weighted by Crippen LogP contribution is 2.37. The fourth-order valence-corrected chi connectivity index (χ4v) is 12.0. The zero-order valence-electron chi connectivity index (χ0n) is 8.89. The largest absolute Gasteiger partial charge is 0.427 e. The van der Waals surface area contributed by atoms with Crippen molar-refractivity contribution in [2.45, 2.75) is 51.2 Å². The number of hydrogen-bond donors (Lipinski definition) is 0. The minimum atomic E-state index is -0.921. The average Bonchev–Trinajstić information content (AvgIpc) is 2.05. The highest BCUT2D eigenvalue weighted by Gasteiger charge is 2.41. The van der Waals surface area contributed by atoms with Gasteiger partial charge in [0.25, 0.3) is 0 Å². The zero-order valence-corrected chi connectivity index (χ0v) is 11.3. The van der Waals surface area contributed by atoms with Crippen LogP contribution in [-0.2, 0) is 4.43 Å². The van der Waals surface area contributed by atoms with Crippen LogP contribution in [0.4, 0.5) is 0 Å². The maximum absolute atomic E-state index is 5.81. The smallest absolute Gasteiger partial charge is 0.151 e. The van der Waals surface area contributed by atoms with Crippen LogP contribution in [0.25, 0.3) is 0 Å². The molecule has 0 N–H and O–H groups in total. The van der Waals surface area contributed by atoms with Crippen LogP contribution in [0.5, 0.6) is 0 Å². The molecule has 0 unspecified atom stereocenters. The Hall–Kier alpha value is 0.394. The van der Waals surface area contributed by atoms with Crippen LogP contribution >= 0.6 is 0 Å². The lowest BCUT2D eigenvalue weighted by atomic mass is 10.5. The molecule has 3 heteroatoms. The predicted octanol–water partition coefficient (Wildman–Crippen LogP) is 2.26. The second-order valence-corrected chi connectivity index (χ2v) is 15.5. The molecule has 0 amide bonds. The Morgan fingerprint density at radius 3 is 2.00 bits per heavy atom. The molecule has 0 aromatic rings. The summed E-state index contributed by atoms with van der Waals surface area (Å²) >= 11 is 0. The van der Waals surface area contributed by atoms with E-state index in [-0.39, 0.29) is 9.28 Å². The second-order valence-electron chi connectivity index (χ2n) is 4.70. The fourth-order valence-electron chi connectivity index (χ4n) is 2.42. The molecule has 0 aromatic heterocycles. The van der Waals surface area contributed by atoms with Crippen LogP contribution in [0.3, 0.4) is 0 Å². The van der Waals surface area contributed by atoms with Gasteiger partial charge in [0.15, 0.2) is 9.28 Å². The molecular weight excluding hydrogens is 180 g/mol. The molecule has 1 aliphatic heterocycles. The quantitative estimate of drug-likeness (QED) is 0.624. The van der Waals surface area contributed by atoms with Crippen molar-refractivity contribution in [3.05, 3.63) is 0 Å². The molecule has 0 spiro atoms. The summed E-state index contributed by atoms with van der Waals surface area (Å²) in [5.41, 5.74) is 1.90. The van der Waals surface area contributed by atoms with Gasteiger partial charge in [0.1, 0.15) is 0 Å². The molecule has 1 saturated heterocycles. The van der Waals surface area contributed by atoms with Gasteiger partial charge in [-0.1, -0.05) is 44.8 Å². The molecule has 0 radical (unpaired) electrons. The van der Waals surface area contributed by atoms with E-state index in [1.165, 1.54) is 6.42 Å². The van der Waals surface area contributed by atoms with E-state index in [9.17, 15) is 0 Å². The first kappa shape index (κ1) is 10.5. The Labute approximate surface area is 79.6 Å². The summed E-state index contributed by atoms with van der Waals surface area (Å²) in [6.07, 6.45) is 1.34. The van der Waals surface area contributed by atoms with Crippen molar-refractivity contribution in [1.29, 1.82) is 0 Å². The van der Waals surface area contributed by atoms with Gasteiger partial charge in [0.2, 0.25) is 0 Å². The molecule has 0 atom stereocenters. The van der Waals surface area contributed by atoms with Crippen molar-refractivity contribution in [2.75, 3.05) is 6.61 Å². The second kappa shape index (κ2) is 4.07. The Morgan fingerprint density at radius 1 is 1.17 bits per heavy atom. The highest BCUT2D eigenvalue weighted by molar-refractivity contribution is 7.24. The minimum Gasteiger partial charge on any atom is -0.427 e. The van der Waals surface area contributed by atoms with Crippen molar-refractivity contribution in [1.82, 2.24) is 0 Å². The zero-order chi connectivity index (χ0) is 9.19. The molecule has 1 nitrogen and oxygen atoms in total. The third-order valence-electron chi connectivity index (χ3n) is 3.60. The van der Waals surface area contributed by atoms with E-state index in [1.54, 1.807) is 6.04 Å². The van der Waals surface area contributed by atoms with Crippen LogP contribution in [0, 0.1) is 0 Å². The molecule has 72 valence electrons. The topological polar surface area (TPSA) is 9.23 Å². The molecule has 0 aromatic carbocycles. The average molecular weight is 202 g/mol. The molecule has 1 heterocycles. The Bertz CT molecular complexity index is 129. The summed E-state index contributed by atoms with van der Waals surface area (Å²) < 4.78 is 5.81. The molecule has 0 saturated carbocycles. The van der Waals surface area contributed by atoms with E-state index >= 15 is 0 Å². The van der Waals surface area contributed by atoms with Crippen LogP contribution in [-0.4, -0.2) is 23.5 Å². The van der Waals surface area contributed by atoms with Crippen LogP contribution in [0.2, 0.25) is 17.1 Å². The Balaban J connectivity index is 2.70. The van der Waals surface area contributed by atoms with Crippen molar-refractivity contribution in [2.24, 2.45) is 0 Å². The van der Waals surface area contributed by atoms with Crippen LogP contribution in [0.15, 0.2) is 0 Å². The maximum Gasteiger partial charge on any atom is 0.151 e. The van der Waals surface area contributed by atoms with E-state index in [1.807, 2.05) is 0 Å². The Morgan fingerprint density at radius 2 is 1.75 bits per heavy atom. The maximum atomic E-state index is 5.81. The van der Waals surface area contributed by atoms with Gasteiger partial charge >= 0.3 is 0 Å². The van der Waals surface area contributed by atoms with E-state index in [0.29, 0.717) is 0 Å². The summed E-state index contributed by atoms with van der Waals surface area (Å²) in [5.74, 6) is 0. The van der Waals surface area contributed by atoms with Gasteiger partial charge in [0, 0.05) is 6.61 Å². The monoisotopic (exact) mass is 202 g/mol. The van der Waals surface area contributed by atoms with Crippen molar-refractivity contribution in [3.8, 4) is 0 Å². The third-order valence-corrected chi connectivity index (χ3v) is 18.7. The summed E-state index contributed by atoms with van der Waals surface area (Å²) in [5, 5.41) is 0. The van der Waals surface area contributed by atoms with E-state index in [2.05, 4.69) is 27.7 Å². The lowest BCUT2D eigenvalue weighted by Crippen LogP contribution is -2.51. The lowest BCUT2D eigenvalue weighted by Gasteiger charge is -2.41. The Kier molecular flexibility index (Phi) is 3.55. The molecule has 0 aliphatic carbocycles. The SMILES string of the molecule is CC(C)[Si]1(C(C)C)CCCO[SiH2]1. The van der Waals surface area contributed by atoms with Crippen molar-refractivity contribution in [3.63, 3.8) is 0 Å². The van der Waals surface area contributed by atoms with Gasteiger partial charge in [-0.25, -0.2) is 0 Å². The van der Waals surface area contributed by atoms with Gasteiger partial charge in [0.05, 0.1) is 7.59 Å². The van der Waals surface area contributed by atoms with Gasteiger partial charge in [-0.3, -0.25) is 0 Å². The third kappa shape index (κ3) is 1.83.